The average molecular weight is 1900 g/mol. The molecule has 0 N–H and O–H groups in total. The van der Waals surface area contributed by atoms with E-state index in [1.807, 2.05) is 205 Å². The zero-order chi connectivity index (χ0) is 92.6. The molecule has 0 saturated carbocycles. The second kappa shape index (κ2) is 39.6. The molecule has 5 aliphatic heterocycles. The van der Waals surface area contributed by atoms with E-state index in [0.29, 0.717) is 56.2 Å². The summed E-state index contributed by atoms with van der Waals surface area (Å²) in [4.78, 5) is 80.1. The third kappa shape index (κ3) is 21.8. The van der Waals surface area contributed by atoms with Gasteiger partial charge in [0.15, 0.2) is 29.1 Å². The first-order chi connectivity index (χ1) is 61.2. The number of carbonyl (C=O) groups is 4. The monoisotopic (exact) mass is 1890 g/mol. The molecule has 4 atom stereocenters. The van der Waals surface area contributed by atoms with Crippen LogP contribution in [0.1, 0.15) is 247 Å². The van der Waals surface area contributed by atoms with Crippen LogP contribution in [-0.4, -0.2) is 179 Å². The zero-order valence-electron chi connectivity index (χ0n) is 76.1. The van der Waals surface area contributed by atoms with Crippen molar-refractivity contribution >= 4 is 138 Å². The van der Waals surface area contributed by atoms with Crippen LogP contribution in [0, 0.1) is 62.3 Å². The smallest absolute Gasteiger partial charge is 0.308 e. The zero-order valence-corrected chi connectivity index (χ0v) is 82.4. The molecule has 0 bridgehead atoms. The van der Waals surface area contributed by atoms with Crippen molar-refractivity contribution in [2.75, 3.05) is 46.9 Å². The summed E-state index contributed by atoms with van der Waals surface area (Å²) in [6, 6.07) is 30.6. The maximum absolute atomic E-state index is 13.2. The van der Waals surface area contributed by atoms with Gasteiger partial charge < -0.3 is 28.7 Å². The van der Waals surface area contributed by atoms with E-state index in [4.69, 9.17) is 85.3 Å². The molecule has 5 aliphatic rings. The van der Waals surface area contributed by atoms with Crippen LogP contribution in [0.25, 0.3) is 20.0 Å². The summed E-state index contributed by atoms with van der Waals surface area (Å²) in [5.41, 5.74) is 13.0. The van der Waals surface area contributed by atoms with E-state index in [1.54, 1.807) is 52.5 Å². The number of hydrogen-bond donors (Lipinski definition) is 0. The Morgan fingerprint density at radius 1 is 0.403 bits per heavy atom. The summed E-state index contributed by atoms with van der Waals surface area (Å²) in [5, 5.41) is 43.7. The molecule has 13 heterocycles. The summed E-state index contributed by atoms with van der Waals surface area (Å²) < 4.78 is 30.2. The molecule has 34 heteroatoms. The summed E-state index contributed by atoms with van der Waals surface area (Å²) in [7, 11) is 3.78. The number of fused-ring (bicyclic) bond motifs is 12. The lowest BCUT2D eigenvalue weighted by atomic mass is 9.99. The van der Waals surface area contributed by atoms with Crippen molar-refractivity contribution in [3.63, 3.8) is 0 Å². The predicted molar refractivity (Wildman–Crippen MR) is 514 cm³/mol. The first-order valence-electron chi connectivity index (χ1n) is 42.7. The molecule has 676 valence electrons. The van der Waals surface area contributed by atoms with Crippen molar-refractivity contribution in [1.29, 1.82) is 0 Å². The van der Waals surface area contributed by atoms with Gasteiger partial charge in [-0.2, -0.15) is 0 Å². The van der Waals surface area contributed by atoms with E-state index in [1.165, 1.54) is 20.2 Å². The highest BCUT2D eigenvalue weighted by Crippen LogP contribution is 2.45. The molecular formula is C95H106Cl4N18O8S4. The highest BCUT2D eigenvalue weighted by atomic mass is 35.5. The number of ketones is 1. The molecule has 0 amide bonds. The number of hydrogen-bond acceptors (Lipinski definition) is 26. The number of aromatic nitrogens is 12. The number of rotatable bonds is 18. The van der Waals surface area contributed by atoms with Gasteiger partial charge in [-0.15, -0.1) is 86.1 Å². The highest BCUT2D eigenvalue weighted by Gasteiger charge is 2.39. The van der Waals surface area contributed by atoms with E-state index in [2.05, 4.69) is 104 Å². The first kappa shape index (κ1) is 95.1. The molecule has 0 unspecified atom stereocenters. The molecule has 0 spiro atoms. The molecule has 8 aromatic heterocycles. The number of Topliss-reactive ketones (excluding diaryl/α,β-unsaturated/α-hetero) is 1. The number of aliphatic imine (C=N–C) groups is 4. The Labute approximate surface area is 787 Å². The number of thiophene rings is 4. The van der Waals surface area contributed by atoms with Crippen LogP contribution in [0.3, 0.4) is 0 Å². The van der Waals surface area contributed by atoms with Crippen LogP contribution >= 0.6 is 91.8 Å². The Morgan fingerprint density at radius 3 is 1.08 bits per heavy atom. The van der Waals surface area contributed by atoms with Gasteiger partial charge in [0.05, 0.1) is 42.1 Å². The third-order valence-electron chi connectivity index (χ3n) is 22.2. The van der Waals surface area contributed by atoms with Gasteiger partial charge in [0.25, 0.3) is 0 Å². The fraction of sp³-hybridized carbons (Fsp3) is 0.411. The fourth-order valence-electron chi connectivity index (χ4n) is 15.8. The fourth-order valence-corrected chi connectivity index (χ4v) is 20.9. The van der Waals surface area contributed by atoms with E-state index in [-0.39, 0.29) is 55.6 Å². The van der Waals surface area contributed by atoms with E-state index in [0.717, 1.165) is 161 Å². The minimum Gasteiger partial charge on any atom is -0.460 e. The van der Waals surface area contributed by atoms with Gasteiger partial charge in [-0.05, 0) is 221 Å². The van der Waals surface area contributed by atoms with Gasteiger partial charge in [0.1, 0.15) is 90.8 Å². The molecule has 1 saturated heterocycles. The molecule has 26 nitrogen and oxygen atoms in total. The van der Waals surface area contributed by atoms with Crippen molar-refractivity contribution in [2.24, 2.45) is 20.0 Å². The van der Waals surface area contributed by atoms with Crippen molar-refractivity contribution in [2.45, 2.75) is 211 Å². The van der Waals surface area contributed by atoms with E-state index >= 15 is 0 Å². The quantitative estimate of drug-likeness (QED) is 0.0570. The third-order valence-corrected chi connectivity index (χ3v) is 27.7. The number of nitrogens with zero attached hydrogens (tertiary/aromatic N) is 18. The molecular weight excluding hydrogens is 1790 g/mol. The summed E-state index contributed by atoms with van der Waals surface area (Å²) in [6.45, 7) is 40.7. The maximum Gasteiger partial charge on any atom is 0.308 e. The number of halogens is 4. The lowest BCUT2D eigenvalue weighted by molar-refractivity contribution is -0.156. The molecule has 0 aliphatic carbocycles. The van der Waals surface area contributed by atoms with Crippen LogP contribution < -0.4 is 0 Å². The van der Waals surface area contributed by atoms with Crippen molar-refractivity contribution in [1.82, 2.24) is 68.9 Å². The minimum absolute atomic E-state index is 0.0481. The van der Waals surface area contributed by atoms with Crippen LogP contribution in [0.4, 0.5) is 0 Å². The van der Waals surface area contributed by atoms with Gasteiger partial charge in [0, 0.05) is 125 Å². The number of esters is 3. The van der Waals surface area contributed by atoms with Gasteiger partial charge in [0.2, 0.25) is 0 Å². The van der Waals surface area contributed by atoms with Gasteiger partial charge >= 0.3 is 17.9 Å². The normalized spacial score (nSPS) is 16.5. The molecule has 0 radical (unpaired) electrons. The Hall–Kier alpha value is -9.96. The van der Waals surface area contributed by atoms with E-state index in [9.17, 15) is 19.2 Å². The predicted octanol–water partition coefficient (Wildman–Crippen LogP) is 20.6. The summed E-state index contributed by atoms with van der Waals surface area (Å²) in [5.74, 6) is 4.86. The Kier molecular flexibility index (Phi) is 29.2. The molecule has 4 aromatic carbocycles. The summed E-state index contributed by atoms with van der Waals surface area (Å²) >= 11 is 31.2. The second-order valence-corrected chi connectivity index (χ2v) is 41.7. The van der Waals surface area contributed by atoms with Crippen molar-refractivity contribution < 1.29 is 38.1 Å². The van der Waals surface area contributed by atoms with Crippen LogP contribution in [0.15, 0.2) is 128 Å². The average Bonchev–Trinajstić information content (AvgIpc) is 1.59. The van der Waals surface area contributed by atoms with Crippen LogP contribution in [-0.2, 0) is 44.7 Å². The first-order valence-corrected chi connectivity index (χ1v) is 47.5. The Balaban J connectivity index is 0.000000139. The largest absolute Gasteiger partial charge is 0.460 e. The number of aryl methyl sites for hydroxylation is 6. The van der Waals surface area contributed by atoms with E-state index < -0.39 is 34.9 Å². The molecule has 12 aromatic rings. The van der Waals surface area contributed by atoms with Crippen LogP contribution in [0.5, 0.6) is 0 Å². The number of benzene rings is 4. The highest BCUT2D eigenvalue weighted by molar-refractivity contribution is 7.16. The topological polar surface area (TPSA) is 284 Å². The molecule has 129 heavy (non-hydrogen) atoms. The number of carbonyl (C=O) groups excluding carboxylic acids is 4. The Bertz CT molecular complexity index is 6300. The molecule has 1 fully saturated rings. The van der Waals surface area contributed by atoms with Crippen molar-refractivity contribution in [3.05, 3.63) is 251 Å². The number of likely N-dealkylation sites (N-methyl/N-ethyl adjacent to an activating group) is 1. The second-order valence-electron chi connectivity index (χ2n) is 35.5. The van der Waals surface area contributed by atoms with Gasteiger partial charge in [-0.25, -0.2) is 0 Å². The minimum atomic E-state index is -0.592. The Morgan fingerprint density at radius 2 is 0.721 bits per heavy atom. The lowest BCUT2D eigenvalue weighted by Gasteiger charge is -2.32. The molecule has 17 rings (SSSR count). The van der Waals surface area contributed by atoms with Gasteiger partial charge in [-0.1, -0.05) is 94.9 Å². The van der Waals surface area contributed by atoms with Gasteiger partial charge in [-0.3, -0.25) is 57.4 Å². The van der Waals surface area contributed by atoms with Crippen molar-refractivity contribution in [3.8, 4) is 20.0 Å². The number of piperazine rings is 1. The standard InChI is InChI=1S/C27H33ClN6OS.C24H27ClN4O3S.C23H25ClN4O2S.C21H21ClN4O2S/c1-17-18(2)36-27-24(17)25(20-7-9-21(28)10-8-20)29-23(26-31-30-19(3)34(26)27)16-22(35)6-5-11-33-14-12-32(4)13-15-33;1-13-14(2)33-23-20(13)21(15-7-9-16(25)10-8-15)26-17(11-19(30)32-24(3,4)5)22-28-27-18(12-31-6)29(22)23;1-12-13(2)31-22-19(12)20(15-7-9-16(24)10-8-15)25-17(11-18(29)30-23(4,5)6)21-27-26-14(3)28(21)22;1-12-24-25-19-16(11-17(27)28-21(2,3)4)23-18(13-5-7-14(22)8-6-13)15-9-10-29-20(15)26(12)19/h7-10,23H,5-6,11-16H2,1-4H3;7-10,17H,11-12H2,1-6H3;7-10,17H,11H2,1-6H3;5-10,16H,11H2,1-4H3/t23-;2*17-;16-/m0000/s1. The van der Waals surface area contributed by atoms with Crippen LogP contribution in [0.2, 0.25) is 20.1 Å². The number of ether oxygens (including phenoxy) is 4. The number of methoxy groups -OCH3 is 1. The maximum atomic E-state index is 13.2. The summed E-state index contributed by atoms with van der Waals surface area (Å²) in [6.07, 6.45) is 1.97. The lowest BCUT2D eigenvalue weighted by Crippen LogP contribution is -2.44. The SMILES string of the molecule is COCc1nnc2n1-c1sc(C)c(C)c1C(c1ccc(Cl)cc1)=N[C@H]2CC(=O)OC(C)(C)C.Cc1nnc2n1-c1sccc1C(c1ccc(Cl)cc1)=N[C@H]2CC(=O)OC(C)(C)C.Cc1sc2c(c1C)C(c1ccc(Cl)cc1)=N[C@@H](CC(=O)CCCN1CCN(C)CC1)c1nnc(C)n1-2.Cc1sc2c(c1C)C(c1ccc(Cl)cc1)=N[C@@H](CC(=O)OC(C)(C)C)c1nnc(C)n1-2.